The summed E-state index contributed by atoms with van der Waals surface area (Å²) >= 11 is 4.12. The maximum atomic E-state index is 12.3. The summed E-state index contributed by atoms with van der Waals surface area (Å²) < 4.78 is 5.80. The number of carboxylic acid groups (broad SMARTS) is 1. The predicted molar refractivity (Wildman–Crippen MR) is 90.7 cm³/mol. The zero-order valence-electron chi connectivity index (χ0n) is 13.2. The van der Waals surface area contributed by atoms with Gasteiger partial charge in [0.05, 0.1) is 12.7 Å². The number of carbonyl (C=O) groups excluding carboxylic acids is 1. The van der Waals surface area contributed by atoms with Gasteiger partial charge >= 0.3 is 5.97 Å². The van der Waals surface area contributed by atoms with E-state index >= 15 is 0 Å². The van der Waals surface area contributed by atoms with Gasteiger partial charge in [0.1, 0.15) is 6.04 Å². The molecule has 1 saturated heterocycles. The molecule has 2 rings (SSSR count). The van der Waals surface area contributed by atoms with E-state index in [9.17, 15) is 14.7 Å². The molecule has 1 heterocycles. The molecule has 6 heteroatoms. The summed E-state index contributed by atoms with van der Waals surface area (Å²) in [5.41, 5.74) is 1.18. The highest BCUT2D eigenvalue weighted by molar-refractivity contribution is 7.80. The van der Waals surface area contributed by atoms with Gasteiger partial charge in [0.2, 0.25) is 5.91 Å². The Kier molecular flexibility index (Phi) is 6.47. The van der Waals surface area contributed by atoms with Gasteiger partial charge in [-0.3, -0.25) is 4.79 Å². The second-order valence-corrected chi connectivity index (χ2v) is 6.26. The van der Waals surface area contributed by atoms with Crippen LogP contribution in [0.15, 0.2) is 30.3 Å². The first kappa shape index (κ1) is 17.8. The van der Waals surface area contributed by atoms with E-state index in [1.807, 2.05) is 30.3 Å². The van der Waals surface area contributed by atoms with Crippen molar-refractivity contribution in [1.82, 2.24) is 4.90 Å². The average Bonchev–Trinajstić information content (AvgIpc) is 2.99. The van der Waals surface area contributed by atoms with Crippen LogP contribution in [0.5, 0.6) is 0 Å². The molecule has 5 nitrogen and oxygen atoms in total. The fraction of sp³-hybridized carbons (Fsp3) is 0.529. The molecule has 1 aliphatic heterocycles. The summed E-state index contributed by atoms with van der Waals surface area (Å²) in [6.07, 6.45) is 0.890. The second kappa shape index (κ2) is 8.36. The van der Waals surface area contributed by atoms with E-state index in [-0.39, 0.29) is 17.9 Å². The van der Waals surface area contributed by atoms with Crippen LogP contribution in [0, 0.1) is 5.92 Å². The molecule has 0 aromatic heterocycles. The minimum absolute atomic E-state index is 0.165. The fourth-order valence-electron chi connectivity index (χ4n) is 2.75. The van der Waals surface area contributed by atoms with Gasteiger partial charge in [-0.1, -0.05) is 37.3 Å². The van der Waals surface area contributed by atoms with Crippen molar-refractivity contribution < 1.29 is 19.4 Å². The minimum Gasteiger partial charge on any atom is -0.480 e. The van der Waals surface area contributed by atoms with Crippen molar-refractivity contribution in [2.45, 2.75) is 31.9 Å². The number of thiol groups is 1. The Hall–Kier alpha value is -1.53. The van der Waals surface area contributed by atoms with Crippen LogP contribution in [0.4, 0.5) is 0 Å². The maximum Gasteiger partial charge on any atom is 0.326 e. The number of aliphatic carboxylic acids is 1. The molecule has 23 heavy (non-hydrogen) atoms. The molecule has 0 aliphatic carbocycles. The summed E-state index contributed by atoms with van der Waals surface area (Å²) in [7, 11) is 0. The van der Waals surface area contributed by atoms with Gasteiger partial charge in [0.25, 0.3) is 0 Å². The zero-order valence-corrected chi connectivity index (χ0v) is 14.1. The van der Waals surface area contributed by atoms with E-state index in [4.69, 9.17) is 4.74 Å². The normalized spacial score (nSPS) is 22.1. The van der Waals surface area contributed by atoms with Gasteiger partial charge < -0.3 is 14.7 Å². The van der Waals surface area contributed by atoms with Crippen molar-refractivity contribution >= 4 is 24.5 Å². The van der Waals surface area contributed by atoms with Crippen molar-refractivity contribution in [1.29, 1.82) is 0 Å². The second-order valence-electron chi connectivity index (χ2n) is 5.89. The Morgan fingerprint density at radius 2 is 2.09 bits per heavy atom. The molecule has 1 aromatic carbocycles. The van der Waals surface area contributed by atoms with Crippen LogP contribution in [0.1, 0.15) is 18.9 Å². The molecule has 0 saturated carbocycles. The molecule has 0 bridgehead atoms. The Morgan fingerprint density at radius 1 is 1.39 bits per heavy atom. The lowest BCUT2D eigenvalue weighted by Gasteiger charge is -2.24. The molecule has 126 valence electrons. The van der Waals surface area contributed by atoms with Crippen molar-refractivity contribution in [3.05, 3.63) is 35.9 Å². The first-order valence-electron chi connectivity index (χ1n) is 7.82. The van der Waals surface area contributed by atoms with Crippen molar-refractivity contribution in [3.8, 4) is 0 Å². The van der Waals surface area contributed by atoms with E-state index in [2.05, 4.69) is 12.6 Å². The molecular weight excluding hydrogens is 314 g/mol. The van der Waals surface area contributed by atoms with Crippen LogP contribution in [0.25, 0.3) is 0 Å². The number of benzene rings is 1. The lowest BCUT2D eigenvalue weighted by Crippen LogP contribution is -2.43. The van der Waals surface area contributed by atoms with E-state index in [0.29, 0.717) is 25.3 Å². The number of carboxylic acids is 1. The number of hydrogen-bond acceptors (Lipinski definition) is 4. The van der Waals surface area contributed by atoms with Gasteiger partial charge in [-0.2, -0.15) is 12.6 Å². The van der Waals surface area contributed by atoms with Crippen molar-refractivity contribution in [2.24, 2.45) is 5.92 Å². The largest absolute Gasteiger partial charge is 0.480 e. The SMILES string of the molecule is CC(CS)C(=O)N1C[C@H](OCCc2ccccc2)C[C@H]1C(=O)O. The monoisotopic (exact) mass is 337 g/mol. The van der Waals surface area contributed by atoms with Gasteiger partial charge in [0, 0.05) is 24.6 Å². The van der Waals surface area contributed by atoms with Gasteiger partial charge in [-0.05, 0) is 12.0 Å². The molecule has 1 N–H and O–H groups in total. The lowest BCUT2D eigenvalue weighted by molar-refractivity contribution is -0.149. The summed E-state index contributed by atoms with van der Waals surface area (Å²) in [6, 6.07) is 9.18. The van der Waals surface area contributed by atoms with Crippen LogP contribution in [-0.2, 0) is 20.7 Å². The summed E-state index contributed by atoms with van der Waals surface area (Å²) in [5.74, 6) is -1.02. The predicted octanol–water partition coefficient (Wildman–Crippen LogP) is 1.87. The van der Waals surface area contributed by atoms with E-state index < -0.39 is 12.0 Å². The third-order valence-electron chi connectivity index (χ3n) is 4.11. The smallest absolute Gasteiger partial charge is 0.326 e. The molecule has 3 atom stereocenters. The van der Waals surface area contributed by atoms with E-state index in [1.165, 1.54) is 10.5 Å². The number of likely N-dealkylation sites (tertiary alicyclic amines) is 1. The minimum atomic E-state index is -0.973. The third kappa shape index (κ3) is 4.72. The summed E-state index contributed by atoms with van der Waals surface area (Å²) in [6.45, 7) is 2.62. The van der Waals surface area contributed by atoms with E-state index in [0.717, 1.165) is 6.42 Å². The van der Waals surface area contributed by atoms with E-state index in [1.54, 1.807) is 6.92 Å². The van der Waals surface area contributed by atoms with Crippen LogP contribution >= 0.6 is 12.6 Å². The van der Waals surface area contributed by atoms with Crippen LogP contribution in [0.3, 0.4) is 0 Å². The molecule has 1 fully saturated rings. The topological polar surface area (TPSA) is 66.8 Å². The molecule has 1 aliphatic rings. The number of nitrogens with zero attached hydrogens (tertiary/aromatic N) is 1. The first-order valence-corrected chi connectivity index (χ1v) is 8.45. The highest BCUT2D eigenvalue weighted by Gasteiger charge is 2.41. The van der Waals surface area contributed by atoms with Crippen LogP contribution in [-0.4, -0.2) is 52.9 Å². The number of hydrogen-bond donors (Lipinski definition) is 2. The van der Waals surface area contributed by atoms with Gasteiger partial charge in [-0.25, -0.2) is 4.79 Å². The highest BCUT2D eigenvalue weighted by atomic mass is 32.1. The lowest BCUT2D eigenvalue weighted by atomic mass is 10.1. The molecular formula is C17H23NO4S. The third-order valence-corrected chi connectivity index (χ3v) is 4.66. The Labute approximate surface area is 142 Å². The zero-order chi connectivity index (χ0) is 16.8. The summed E-state index contributed by atoms with van der Waals surface area (Å²) in [4.78, 5) is 25.1. The van der Waals surface area contributed by atoms with Crippen molar-refractivity contribution in [3.63, 3.8) is 0 Å². The number of ether oxygens (including phenoxy) is 1. The Bertz CT molecular complexity index is 537. The van der Waals surface area contributed by atoms with Crippen molar-refractivity contribution in [2.75, 3.05) is 18.9 Å². The number of rotatable bonds is 7. The molecule has 1 aromatic rings. The quantitative estimate of drug-likeness (QED) is 0.746. The molecule has 0 spiro atoms. The van der Waals surface area contributed by atoms with Crippen LogP contribution < -0.4 is 0 Å². The number of carbonyl (C=O) groups is 2. The molecule has 1 unspecified atom stereocenters. The Morgan fingerprint density at radius 3 is 2.70 bits per heavy atom. The average molecular weight is 337 g/mol. The first-order chi connectivity index (χ1) is 11.0. The maximum absolute atomic E-state index is 12.3. The fourth-order valence-corrected chi connectivity index (χ4v) is 2.90. The molecule has 1 amide bonds. The molecule has 0 radical (unpaired) electrons. The van der Waals surface area contributed by atoms with Crippen LogP contribution in [0.2, 0.25) is 0 Å². The number of amides is 1. The van der Waals surface area contributed by atoms with Gasteiger partial charge in [-0.15, -0.1) is 0 Å². The van der Waals surface area contributed by atoms with Gasteiger partial charge in [0.15, 0.2) is 0 Å². The standard InChI is InChI=1S/C17H23NO4S/c1-12(11-23)16(19)18-10-14(9-15(18)17(20)21)22-8-7-13-5-3-2-4-6-13/h2-6,12,14-15,23H,7-11H2,1H3,(H,20,21)/t12?,14-,15+/m1/s1. The highest BCUT2D eigenvalue weighted by Crippen LogP contribution is 2.23. The summed E-state index contributed by atoms with van der Waals surface area (Å²) in [5, 5.41) is 9.34. The Balaban J connectivity index is 1.89.